The Labute approximate surface area is 77.5 Å². The number of nitrogens with zero attached hydrogens (tertiary/aromatic N) is 1. The molecule has 2 amide bonds. The Morgan fingerprint density at radius 3 is 2.54 bits per heavy atom. The van der Waals surface area contributed by atoms with Crippen LogP contribution in [0.5, 0.6) is 0 Å². The Balaban J connectivity index is 4.09. The number of amides is 2. The first kappa shape index (κ1) is 11.3. The number of hydrogen-bond donors (Lipinski definition) is 2. The topological polar surface area (TPSA) is 67.5 Å². The van der Waals surface area contributed by atoms with Crippen LogP contribution in [0.25, 0.3) is 0 Å². The van der Waals surface area contributed by atoms with Crippen molar-refractivity contribution in [2.75, 3.05) is 0 Å². The van der Waals surface area contributed by atoms with Gasteiger partial charge < -0.3 is 0 Å². The molecule has 0 saturated heterocycles. The van der Waals surface area contributed by atoms with Crippen LogP contribution < -0.4 is 11.3 Å². The summed E-state index contributed by atoms with van der Waals surface area (Å²) >= 11 is 0. The Bertz CT molecular complexity index is 277. The number of hydrogen-bond acceptors (Lipinski definition) is 2. The smallest absolute Gasteiger partial charge is 0.274 e. The van der Waals surface area contributed by atoms with Gasteiger partial charge in [-0.1, -0.05) is 30.9 Å². The maximum Gasteiger partial charge on any atom is 0.355 e. The highest BCUT2D eigenvalue weighted by molar-refractivity contribution is 5.91. The summed E-state index contributed by atoms with van der Waals surface area (Å²) in [7, 11) is 0. The standard InChI is InChI=1S/C9H13N3O/c1-7(2)4-5-8(3)6-11-9(13)12-10/h4-6H,1,3,10H2,2H3,(H,12,13)/b5-4-,11-6?. The van der Waals surface area contributed by atoms with Crippen molar-refractivity contribution in [1.29, 1.82) is 0 Å². The van der Waals surface area contributed by atoms with Gasteiger partial charge in [-0.2, -0.15) is 0 Å². The van der Waals surface area contributed by atoms with Crippen molar-refractivity contribution in [3.05, 3.63) is 36.5 Å². The van der Waals surface area contributed by atoms with Crippen molar-refractivity contribution in [1.82, 2.24) is 5.43 Å². The second kappa shape index (κ2) is 5.91. The number of rotatable bonds is 3. The van der Waals surface area contributed by atoms with E-state index in [2.05, 4.69) is 18.2 Å². The molecule has 0 bridgehead atoms. The van der Waals surface area contributed by atoms with Crippen molar-refractivity contribution < 1.29 is 4.79 Å². The number of carbonyl (C=O) groups is 1. The van der Waals surface area contributed by atoms with Gasteiger partial charge in [0.1, 0.15) is 0 Å². The van der Waals surface area contributed by atoms with Crippen molar-refractivity contribution in [2.24, 2.45) is 10.8 Å². The Hall–Kier alpha value is -1.68. The molecule has 0 unspecified atom stereocenters. The predicted octanol–water partition coefficient (Wildman–Crippen LogP) is 1.33. The van der Waals surface area contributed by atoms with E-state index in [4.69, 9.17) is 5.84 Å². The lowest BCUT2D eigenvalue weighted by atomic mass is 10.2. The molecule has 0 aromatic rings. The van der Waals surface area contributed by atoms with Crippen LogP contribution in [-0.4, -0.2) is 12.2 Å². The van der Waals surface area contributed by atoms with Gasteiger partial charge in [0, 0.05) is 6.21 Å². The summed E-state index contributed by atoms with van der Waals surface area (Å²) in [5, 5.41) is 0. The minimum absolute atomic E-state index is 0.603. The molecule has 3 N–H and O–H groups in total. The van der Waals surface area contributed by atoms with Crippen LogP contribution in [-0.2, 0) is 0 Å². The number of nitrogens with one attached hydrogen (secondary N) is 1. The monoisotopic (exact) mass is 179 g/mol. The molecule has 0 atom stereocenters. The fourth-order valence-electron chi connectivity index (χ4n) is 0.471. The molecule has 4 nitrogen and oxygen atoms in total. The van der Waals surface area contributed by atoms with Gasteiger partial charge in [0.2, 0.25) is 0 Å². The number of carbonyl (C=O) groups excluding carboxylic acids is 1. The van der Waals surface area contributed by atoms with Crippen LogP contribution in [0, 0.1) is 0 Å². The molecular formula is C9H13N3O. The third-order valence-corrected chi connectivity index (χ3v) is 1.05. The van der Waals surface area contributed by atoms with Crippen LogP contribution >= 0.6 is 0 Å². The molecule has 0 rings (SSSR count). The van der Waals surface area contributed by atoms with Gasteiger partial charge in [-0.15, -0.1) is 0 Å². The number of allylic oxidation sites excluding steroid dienone is 4. The molecule has 4 heteroatoms. The third kappa shape index (κ3) is 6.71. The first-order valence-electron chi connectivity index (χ1n) is 3.63. The summed E-state index contributed by atoms with van der Waals surface area (Å²) in [5.74, 6) is 4.81. The van der Waals surface area contributed by atoms with Gasteiger partial charge in [-0.05, 0) is 12.5 Å². The molecule has 0 saturated carbocycles. The summed E-state index contributed by atoms with van der Waals surface area (Å²) in [4.78, 5) is 14.0. The highest BCUT2D eigenvalue weighted by atomic mass is 16.2. The quantitative estimate of drug-likeness (QED) is 0.225. The summed E-state index contributed by atoms with van der Waals surface area (Å²) in [6.45, 7) is 9.16. The summed E-state index contributed by atoms with van der Waals surface area (Å²) < 4.78 is 0. The zero-order valence-electron chi connectivity index (χ0n) is 7.58. The largest absolute Gasteiger partial charge is 0.355 e. The van der Waals surface area contributed by atoms with Gasteiger partial charge in [-0.25, -0.2) is 15.6 Å². The van der Waals surface area contributed by atoms with E-state index in [1.165, 1.54) is 6.21 Å². The molecule has 0 spiro atoms. The van der Waals surface area contributed by atoms with Crippen molar-refractivity contribution in [3.63, 3.8) is 0 Å². The van der Waals surface area contributed by atoms with Crippen molar-refractivity contribution >= 4 is 12.2 Å². The summed E-state index contributed by atoms with van der Waals surface area (Å²) in [6, 6.07) is -0.607. The lowest BCUT2D eigenvalue weighted by molar-refractivity contribution is 0.249. The van der Waals surface area contributed by atoms with Crippen LogP contribution in [0.3, 0.4) is 0 Å². The lowest BCUT2D eigenvalue weighted by Gasteiger charge is -1.90. The molecule has 0 aliphatic carbocycles. The number of nitrogens with two attached hydrogens (primary N) is 1. The normalized spacial score (nSPS) is 10.6. The van der Waals surface area contributed by atoms with Crippen LogP contribution in [0.15, 0.2) is 41.4 Å². The molecule has 0 radical (unpaired) electrons. The average Bonchev–Trinajstić information content (AvgIpc) is 2.10. The lowest BCUT2D eigenvalue weighted by Crippen LogP contribution is -2.26. The molecule has 0 fully saturated rings. The fraction of sp³-hybridized carbons (Fsp3) is 0.111. The van der Waals surface area contributed by atoms with E-state index in [1.54, 1.807) is 12.2 Å². The summed E-state index contributed by atoms with van der Waals surface area (Å²) in [6.07, 6.45) is 4.80. The highest BCUT2D eigenvalue weighted by Crippen LogP contribution is 1.94. The van der Waals surface area contributed by atoms with E-state index >= 15 is 0 Å². The molecule has 0 aliphatic rings. The maximum absolute atomic E-state index is 10.5. The van der Waals surface area contributed by atoms with Crippen LogP contribution in [0.1, 0.15) is 6.92 Å². The van der Waals surface area contributed by atoms with Gasteiger partial charge >= 0.3 is 6.03 Å². The Kier molecular flexibility index (Phi) is 5.14. The van der Waals surface area contributed by atoms with Gasteiger partial charge in [0.25, 0.3) is 0 Å². The molecule has 13 heavy (non-hydrogen) atoms. The van der Waals surface area contributed by atoms with Gasteiger partial charge in [0.15, 0.2) is 0 Å². The number of urea groups is 1. The van der Waals surface area contributed by atoms with E-state index in [0.29, 0.717) is 5.57 Å². The summed E-state index contributed by atoms with van der Waals surface area (Å²) in [5.41, 5.74) is 3.37. The van der Waals surface area contributed by atoms with E-state index < -0.39 is 6.03 Å². The minimum atomic E-state index is -0.607. The van der Waals surface area contributed by atoms with E-state index in [9.17, 15) is 4.79 Å². The Morgan fingerprint density at radius 2 is 2.08 bits per heavy atom. The Morgan fingerprint density at radius 1 is 1.46 bits per heavy atom. The van der Waals surface area contributed by atoms with Gasteiger partial charge in [0.05, 0.1) is 0 Å². The molecule has 0 aliphatic heterocycles. The van der Waals surface area contributed by atoms with Crippen molar-refractivity contribution in [3.8, 4) is 0 Å². The molecular weight excluding hydrogens is 166 g/mol. The minimum Gasteiger partial charge on any atom is -0.274 e. The zero-order chi connectivity index (χ0) is 10.3. The third-order valence-electron chi connectivity index (χ3n) is 1.05. The second-order valence-electron chi connectivity index (χ2n) is 2.46. The van der Waals surface area contributed by atoms with E-state index in [1.807, 2.05) is 12.3 Å². The first-order chi connectivity index (χ1) is 6.06. The maximum atomic E-state index is 10.5. The average molecular weight is 179 g/mol. The van der Waals surface area contributed by atoms with Crippen molar-refractivity contribution in [2.45, 2.75) is 6.92 Å². The highest BCUT2D eigenvalue weighted by Gasteiger charge is 1.88. The molecule has 0 aromatic heterocycles. The number of aliphatic imine (C=N–C) groups is 1. The molecule has 0 aromatic carbocycles. The molecule has 0 heterocycles. The number of hydrazine groups is 1. The fourth-order valence-corrected chi connectivity index (χ4v) is 0.471. The first-order valence-corrected chi connectivity index (χ1v) is 3.63. The molecule has 70 valence electrons. The van der Waals surface area contributed by atoms with Crippen LogP contribution in [0.2, 0.25) is 0 Å². The van der Waals surface area contributed by atoms with Gasteiger partial charge in [-0.3, -0.25) is 5.43 Å². The second-order valence-corrected chi connectivity index (χ2v) is 2.46. The van der Waals surface area contributed by atoms with E-state index in [0.717, 1.165) is 5.57 Å². The predicted molar refractivity (Wildman–Crippen MR) is 54.3 cm³/mol. The van der Waals surface area contributed by atoms with Crippen LogP contribution in [0.4, 0.5) is 4.79 Å². The SMILES string of the molecule is C=C(C)/C=C\C(=C)C=NC(=O)NN. The van der Waals surface area contributed by atoms with E-state index in [-0.39, 0.29) is 0 Å². The zero-order valence-corrected chi connectivity index (χ0v) is 7.58.